The summed E-state index contributed by atoms with van der Waals surface area (Å²) in [6, 6.07) is 0. The van der Waals surface area contributed by atoms with E-state index in [0.717, 1.165) is 10.6 Å². The molecule has 0 spiro atoms. The maximum atomic E-state index is 11.6. The van der Waals surface area contributed by atoms with Crippen LogP contribution >= 0.6 is 11.3 Å². The number of amides is 1. The van der Waals surface area contributed by atoms with Crippen molar-refractivity contribution in [3.8, 4) is 0 Å². The average Bonchev–Trinajstić information content (AvgIpc) is 2.73. The van der Waals surface area contributed by atoms with Crippen molar-refractivity contribution in [3.63, 3.8) is 0 Å². The largest absolute Gasteiger partial charge is 0.477 e. The molecule has 1 aromatic heterocycles. The fourth-order valence-corrected chi connectivity index (χ4v) is 2.47. The molecular formula is C11H13N3O3S. The van der Waals surface area contributed by atoms with Crippen LogP contribution in [0.5, 0.6) is 0 Å². The summed E-state index contributed by atoms with van der Waals surface area (Å²) >= 11 is 1.53. The Morgan fingerprint density at radius 3 is 2.94 bits per heavy atom. The van der Waals surface area contributed by atoms with Gasteiger partial charge in [0, 0.05) is 30.7 Å². The number of hydrazone groups is 1. The van der Waals surface area contributed by atoms with Crippen LogP contribution in [0.3, 0.4) is 0 Å². The molecular weight excluding hydrogens is 254 g/mol. The third kappa shape index (κ3) is 2.73. The fourth-order valence-electron chi connectivity index (χ4n) is 1.70. The Kier molecular flexibility index (Phi) is 3.71. The number of aryl methyl sites for hydroxylation is 1. The Labute approximate surface area is 108 Å². The molecule has 96 valence electrons. The predicted molar refractivity (Wildman–Crippen MR) is 66.6 cm³/mol. The summed E-state index contributed by atoms with van der Waals surface area (Å²) in [7, 11) is 0. The van der Waals surface area contributed by atoms with Gasteiger partial charge >= 0.3 is 5.97 Å². The van der Waals surface area contributed by atoms with Crippen LogP contribution in [0.4, 0.5) is 0 Å². The van der Waals surface area contributed by atoms with E-state index in [1.807, 2.05) is 6.92 Å². The van der Waals surface area contributed by atoms with E-state index in [1.165, 1.54) is 16.3 Å². The second-order valence-electron chi connectivity index (χ2n) is 3.98. The molecule has 0 atom stereocenters. The number of carboxylic acid groups (broad SMARTS) is 1. The average molecular weight is 267 g/mol. The van der Waals surface area contributed by atoms with Crippen LogP contribution in [0.2, 0.25) is 0 Å². The van der Waals surface area contributed by atoms with Crippen LogP contribution in [-0.4, -0.2) is 39.2 Å². The summed E-state index contributed by atoms with van der Waals surface area (Å²) in [5.41, 5.74) is 2.76. The van der Waals surface area contributed by atoms with Gasteiger partial charge < -0.3 is 5.11 Å². The lowest BCUT2D eigenvalue weighted by atomic mass is 10.1. The van der Waals surface area contributed by atoms with Crippen molar-refractivity contribution in [2.24, 2.45) is 5.10 Å². The number of hydrogen-bond donors (Lipinski definition) is 1. The number of carbonyl (C=O) groups excluding carboxylic acids is 1. The van der Waals surface area contributed by atoms with Crippen LogP contribution in [0.25, 0.3) is 0 Å². The zero-order chi connectivity index (χ0) is 13.1. The molecule has 1 aliphatic rings. The number of nitrogens with zero attached hydrogens (tertiary/aromatic N) is 3. The van der Waals surface area contributed by atoms with Gasteiger partial charge in [0.05, 0.1) is 11.2 Å². The number of rotatable bonds is 4. The van der Waals surface area contributed by atoms with Crippen LogP contribution in [0.1, 0.15) is 23.4 Å². The van der Waals surface area contributed by atoms with Gasteiger partial charge in [-0.05, 0) is 6.92 Å². The van der Waals surface area contributed by atoms with E-state index in [4.69, 9.17) is 5.11 Å². The fraction of sp³-hybridized carbons (Fsp3) is 0.455. The molecule has 0 aliphatic carbocycles. The van der Waals surface area contributed by atoms with E-state index in [2.05, 4.69) is 10.1 Å². The molecule has 1 amide bonds. The second kappa shape index (κ2) is 5.26. The van der Waals surface area contributed by atoms with Crippen molar-refractivity contribution >= 4 is 28.9 Å². The molecule has 0 unspecified atom stereocenters. The minimum Gasteiger partial charge on any atom is -0.477 e. The van der Waals surface area contributed by atoms with Crippen molar-refractivity contribution in [3.05, 3.63) is 16.1 Å². The van der Waals surface area contributed by atoms with Crippen LogP contribution in [0.15, 0.2) is 10.6 Å². The quantitative estimate of drug-likeness (QED) is 0.884. The Balaban J connectivity index is 2.03. The molecule has 6 nitrogen and oxygen atoms in total. The highest BCUT2D eigenvalue weighted by molar-refractivity contribution is 7.09. The summed E-state index contributed by atoms with van der Waals surface area (Å²) in [4.78, 5) is 27.7. The molecule has 0 fully saturated rings. The first-order valence-electron chi connectivity index (χ1n) is 5.58. The molecule has 7 heteroatoms. The van der Waals surface area contributed by atoms with Crippen LogP contribution in [0, 0.1) is 6.92 Å². The summed E-state index contributed by atoms with van der Waals surface area (Å²) in [5, 5.41) is 14.0. The molecule has 0 bridgehead atoms. The van der Waals surface area contributed by atoms with E-state index < -0.39 is 5.97 Å². The highest BCUT2D eigenvalue weighted by atomic mass is 32.1. The highest BCUT2D eigenvalue weighted by Crippen LogP contribution is 2.15. The molecule has 0 aromatic carbocycles. The van der Waals surface area contributed by atoms with Gasteiger partial charge in [0.15, 0.2) is 0 Å². The zero-order valence-corrected chi connectivity index (χ0v) is 10.7. The lowest BCUT2D eigenvalue weighted by molar-refractivity contribution is -0.132. The summed E-state index contributed by atoms with van der Waals surface area (Å²) in [6.45, 7) is 2.31. The van der Waals surface area contributed by atoms with Crippen molar-refractivity contribution in [1.82, 2.24) is 9.99 Å². The van der Waals surface area contributed by atoms with Crippen LogP contribution < -0.4 is 0 Å². The third-order valence-electron chi connectivity index (χ3n) is 2.75. The lowest BCUT2D eigenvalue weighted by Gasteiger charge is -2.21. The first-order valence-corrected chi connectivity index (χ1v) is 6.46. The van der Waals surface area contributed by atoms with Gasteiger partial charge in [-0.2, -0.15) is 5.10 Å². The monoisotopic (exact) mass is 267 g/mol. The Morgan fingerprint density at radius 2 is 2.33 bits per heavy atom. The maximum absolute atomic E-state index is 11.6. The van der Waals surface area contributed by atoms with E-state index in [0.29, 0.717) is 13.0 Å². The van der Waals surface area contributed by atoms with Crippen molar-refractivity contribution in [1.29, 1.82) is 0 Å². The lowest BCUT2D eigenvalue weighted by Crippen LogP contribution is -2.35. The van der Waals surface area contributed by atoms with E-state index in [-0.39, 0.29) is 24.5 Å². The smallest absolute Gasteiger partial charge is 0.352 e. The number of thiazole rings is 1. The molecule has 0 saturated carbocycles. The number of hydrogen-bond acceptors (Lipinski definition) is 5. The van der Waals surface area contributed by atoms with Gasteiger partial charge in [0.1, 0.15) is 5.71 Å². The Bertz CT molecular complexity index is 509. The summed E-state index contributed by atoms with van der Waals surface area (Å²) in [6.07, 6.45) is 1.08. The predicted octanol–water partition coefficient (Wildman–Crippen LogP) is 1.06. The van der Waals surface area contributed by atoms with Gasteiger partial charge in [-0.1, -0.05) is 0 Å². The SMILES string of the molecule is Cc1ncsc1CCN1N=C(C(=O)O)CCC1=O. The standard InChI is InChI=1S/C11H13N3O3S/c1-7-9(18-6-12-7)4-5-14-10(15)3-2-8(13-14)11(16)17/h6H,2-5H2,1H3,(H,16,17). The molecule has 1 aromatic rings. The number of carboxylic acids is 1. The van der Waals surface area contributed by atoms with Crippen molar-refractivity contribution in [2.45, 2.75) is 26.2 Å². The van der Waals surface area contributed by atoms with Gasteiger partial charge in [-0.3, -0.25) is 4.79 Å². The topological polar surface area (TPSA) is 82.9 Å². The van der Waals surface area contributed by atoms with E-state index in [1.54, 1.807) is 5.51 Å². The molecule has 18 heavy (non-hydrogen) atoms. The first kappa shape index (κ1) is 12.7. The minimum absolute atomic E-state index is 0.0515. The summed E-state index contributed by atoms with van der Waals surface area (Å²) < 4.78 is 0. The second-order valence-corrected chi connectivity index (χ2v) is 4.92. The van der Waals surface area contributed by atoms with Gasteiger partial charge in [-0.25, -0.2) is 14.8 Å². The van der Waals surface area contributed by atoms with Gasteiger partial charge in [0.25, 0.3) is 0 Å². The Hall–Kier alpha value is -1.76. The third-order valence-corrected chi connectivity index (χ3v) is 3.74. The van der Waals surface area contributed by atoms with E-state index in [9.17, 15) is 9.59 Å². The van der Waals surface area contributed by atoms with Gasteiger partial charge in [-0.15, -0.1) is 11.3 Å². The summed E-state index contributed by atoms with van der Waals surface area (Å²) in [5.74, 6) is -1.18. The molecule has 1 N–H and O–H groups in total. The number of aromatic nitrogens is 1. The Morgan fingerprint density at radius 1 is 1.56 bits per heavy atom. The molecule has 2 heterocycles. The van der Waals surface area contributed by atoms with Crippen molar-refractivity contribution in [2.75, 3.05) is 6.54 Å². The molecule has 1 aliphatic heterocycles. The molecule has 2 rings (SSSR count). The van der Waals surface area contributed by atoms with Gasteiger partial charge in [0.2, 0.25) is 5.91 Å². The number of carbonyl (C=O) groups is 2. The first-order chi connectivity index (χ1) is 8.58. The van der Waals surface area contributed by atoms with Crippen molar-refractivity contribution < 1.29 is 14.7 Å². The molecule has 0 radical (unpaired) electrons. The normalized spacial score (nSPS) is 15.7. The minimum atomic E-state index is -1.05. The maximum Gasteiger partial charge on any atom is 0.352 e. The molecule has 0 saturated heterocycles. The highest BCUT2D eigenvalue weighted by Gasteiger charge is 2.23. The zero-order valence-electron chi connectivity index (χ0n) is 9.92. The van der Waals surface area contributed by atoms with E-state index >= 15 is 0 Å². The number of aliphatic carboxylic acids is 1. The van der Waals surface area contributed by atoms with Crippen LogP contribution in [-0.2, 0) is 16.0 Å².